The average Bonchev–Trinajstić information content (AvgIpc) is 1.97. The fraction of sp³-hybridized carbons (Fsp3) is 0.778. The minimum Gasteiger partial charge on any atom is -0.332 e. The number of hydrogen-bond acceptors (Lipinski definition) is 3. The minimum atomic E-state index is -0.00731. The number of likely N-dealkylation sites (N-methyl/N-ethyl adjacent to an activating group) is 1. The summed E-state index contributed by atoms with van der Waals surface area (Å²) in [6, 6.07) is 0.0812. The molecule has 0 saturated carbocycles. The predicted octanol–water partition coefficient (Wildman–Crippen LogP) is -0.0161. The Morgan fingerprint density at radius 1 is 1.38 bits per heavy atom. The lowest BCUT2D eigenvalue weighted by Crippen LogP contribution is -2.42. The van der Waals surface area contributed by atoms with Crippen LogP contribution in [0.15, 0.2) is 0 Å². The van der Waals surface area contributed by atoms with Crippen LogP contribution in [0.25, 0.3) is 0 Å². The average molecular weight is 186 g/mol. The predicted molar refractivity (Wildman–Crippen MR) is 51.5 cm³/mol. The molecule has 0 aromatic rings. The van der Waals surface area contributed by atoms with E-state index in [1.165, 1.54) is 0 Å². The third-order valence-electron chi connectivity index (χ3n) is 1.67. The molecule has 0 fully saturated rings. The van der Waals surface area contributed by atoms with E-state index in [-0.39, 0.29) is 18.5 Å². The van der Waals surface area contributed by atoms with Gasteiger partial charge in [-0.1, -0.05) is 0 Å². The summed E-state index contributed by atoms with van der Waals surface area (Å²) >= 11 is 0. The van der Waals surface area contributed by atoms with E-state index in [1.54, 1.807) is 9.80 Å². The van der Waals surface area contributed by atoms with Gasteiger partial charge in [-0.15, -0.1) is 0 Å². The van der Waals surface area contributed by atoms with E-state index >= 15 is 0 Å². The standard InChI is InChI=1S/C9H18N2O2/c1-8(2)11(5-6-12)9(13)7-10(3)4/h6,8H,5,7H2,1-4H3. The fourth-order valence-corrected chi connectivity index (χ4v) is 1.04. The maximum absolute atomic E-state index is 11.5. The lowest BCUT2D eigenvalue weighted by molar-refractivity contribution is -0.135. The summed E-state index contributed by atoms with van der Waals surface area (Å²) in [5.41, 5.74) is 0. The molecule has 0 aliphatic heterocycles. The Bertz CT molecular complexity index is 178. The molecule has 0 aliphatic rings. The van der Waals surface area contributed by atoms with Gasteiger partial charge in [0, 0.05) is 6.04 Å². The third-order valence-corrected chi connectivity index (χ3v) is 1.67. The lowest BCUT2D eigenvalue weighted by Gasteiger charge is -2.25. The van der Waals surface area contributed by atoms with Crippen molar-refractivity contribution in [3.63, 3.8) is 0 Å². The highest BCUT2D eigenvalue weighted by molar-refractivity contribution is 5.80. The first-order valence-electron chi connectivity index (χ1n) is 4.37. The second kappa shape index (κ2) is 5.70. The molecule has 1 amide bonds. The number of aldehydes is 1. The smallest absolute Gasteiger partial charge is 0.237 e. The molecule has 0 saturated heterocycles. The number of rotatable bonds is 5. The summed E-state index contributed by atoms with van der Waals surface area (Å²) in [5, 5.41) is 0. The fourth-order valence-electron chi connectivity index (χ4n) is 1.04. The van der Waals surface area contributed by atoms with Crippen LogP contribution in [0.2, 0.25) is 0 Å². The van der Waals surface area contributed by atoms with Crippen LogP contribution in [-0.4, -0.2) is 55.2 Å². The van der Waals surface area contributed by atoms with E-state index in [2.05, 4.69) is 0 Å². The van der Waals surface area contributed by atoms with Crippen molar-refractivity contribution in [2.24, 2.45) is 0 Å². The van der Waals surface area contributed by atoms with Crippen LogP contribution in [0.5, 0.6) is 0 Å². The van der Waals surface area contributed by atoms with Crippen LogP contribution in [0.4, 0.5) is 0 Å². The molecule has 0 spiro atoms. The largest absolute Gasteiger partial charge is 0.332 e. The molecule has 0 bridgehead atoms. The molecule has 0 heterocycles. The molecule has 0 atom stereocenters. The van der Waals surface area contributed by atoms with Gasteiger partial charge in [-0.05, 0) is 27.9 Å². The quantitative estimate of drug-likeness (QED) is 0.567. The van der Waals surface area contributed by atoms with Gasteiger partial charge in [-0.3, -0.25) is 4.79 Å². The Labute approximate surface area is 79.5 Å². The highest BCUT2D eigenvalue weighted by Crippen LogP contribution is 1.97. The zero-order valence-corrected chi connectivity index (χ0v) is 8.78. The number of carbonyl (C=O) groups excluding carboxylic acids is 2. The summed E-state index contributed by atoms with van der Waals surface area (Å²) in [4.78, 5) is 25.2. The molecule has 0 aromatic heterocycles. The van der Waals surface area contributed by atoms with Gasteiger partial charge in [-0.2, -0.15) is 0 Å². The monoisotopic (exact) mass is 186 g/mol. The van der Waals surface area contributed by atoms with Crippen LogP contribution in [-0.2, 0) is 9.59 Å². The second-order valence-electron chi connectivity index (χ2n) is 3.54. The van der Waals surface area contributed by atoms with Gasteiger partial charge < -0.3 is 14.6 Å². The molecular formula is C9H18N2O2. The molecule has 0 aromatic carbocycles. The summed E-state index contributed by atoms with van der Waals surface area (Å²) in [7, 11) is 3.66. The summed E-state index contributed by atoms with van der Waals surface area (Å²) < 4.78 is 0. The maximum Gasteiger partial charge on any atom is 0.237 e. The molecule has 0 unspecified atom stereocenters. The Morgan fingerprint density at radius 3 is 2.23 bits per heavy atom. The summed E-state index contributed by atoms with van der Waals surface area (Å²) in [6.45, 7) is 4.34. The molecule has 4 nitrogen and oxygen atoms in total. The van der Waals surface area contributed by atoms with E-state index in [1.807, 2.05) is 27.9 Å². The molecule has 76 valence electrons. The van der Waals surface area contributed by atoms with E-state index in [9.17, 15) is 9.59 Å². The Balaban J connectivity index is 4.19. The SMILES string of the molecule is CC(C)N(CC=O)C(=O)CN(C)C. The van der Waals surface area contributed by atoms with E-state index in [4.69, 9.17) is 0 Å². The first kappa shape index (κ1) is 12.1. The topological polar surface area (TPSA) is 40.6 Å². The molecule has 0 aliphatic carbocycles. The van der Waals surface area contributed by atoms with Crippen LogP contribution < -0.4 is 0 Å². The van der Waals surface area contributed by atoms with Gasteiger partial charge in [0.25, 0.3) is 0 Å². The molecule has 0 radical (unpaired) electrons. The normalized spacial score (nSPS) is 10.6. The number of nitrogens with zero attached hydrogens (tertiary/aromatic N) is 2. The van der Waals surface area contributed by atoms with Crippen molar-refractivity contribution >= 4 is 12.2 Å². The third kappa shape index (κ3) is 4.62. The van der Waals surface area contributed by atoms with E-state index in [0.717, 1.165) is 6.29 Å². The van der Waals surface area contributed by atoms with E-state index in [0.29, 0.717) is 6.54 Å². The summed E-state index contributed by atoms with van der Waals surface area (Å²) in [5.74, 6) is -0.00731. The highest BCUT2D eigenvalue weighted by atomic mass is 16.2. The Hall–Kier alpha value is -0.900. The van der Waals surface area contributed by atoms with Crippen molar-refractivity contribution in [3.8, 4) is 0 Å². The van der Waals surface area contributed by atoms with Crippen LogP contribution in [0.3, 0.4) is 0 Å². The van der Waals surface area contributed by atoms with Crippen molar-refractivity contribution in [3.05, 3.63) is 0 Å². The molecule has 0 rings (SSSR count). The lowest BCUT2D eigenvalue weighted by atomic mass is 10.3. The molecular weight excluding hydrogens is 168 g/mol. The van der Waals surface area contributed by atoms with Gasteiger partial charge in [0.05, 0.1) is 13.1 Å². The van der Waals surface area contributed by atoms with Gasteiger partial charge in [0.15, 0.2) is 0 Å². The van der Waals surface area contributed by atoms with Crippen LogP contribution >= 0.6 is 0 Å². The molecule has 13 heavy (non-hydrogen) atoms. The second-order valence-corrected chi connectivity index (χ2v) is 3.54. The Kier molecular flexibility index (Phi) is 5.30. The number of hydrogen-bond donors (Lipinski definition) is 0. The number of amides is 1. The highest BCUT2D eigenvalue weighted by Gasteiger charge is 2.16. The zero-order valence-electron chi connectivity index (χ0n) is 8.78. The van der Waals surface area contributed by atoms with Crippen molar-refractivity contribution in [2.45, 2.75) is 19.9 Å². The van der Waals surface area contributed by atoms with Crippen molar-refractivity contribution < 1.29 is 9.59 Å². The molecule has 0 N–H and O–H groups in total. The van der Waals surface area contributed by atoms with Crippen molar-refractivity contribution in [1.29, 1.82) is 0 Å². The van der Waals surface area contributed by atoms with Crippen LogP contribution in [0, 0.1) is 0 Å². The van der Waals surface area contributed by atoms with Crippen molar-refractivity contribution in [1.82, 2.24) is 9.80 Å². The van der Waals surface area contributed by atoms with Gasteiger partial charge >= 0.3 is 0 Å². The first-order chi connectivity index (χ1) is 5.99. The minimum absolute atomic E-state index is 0.00731. The van der Waals surface area contributed by atoms with Crippen molar-refractivity contribution in [2.75, 3.05) is 27.2 Å². The van der Waals surface area contributed by atoms with Gasteiger partial charge in [0.1, 0.15) is 6.29 Å². The van der Waals surface area contributed by atoms with Crippen LogP contribution in [0.1, 0.15) is 13.8 Å². The zero-order chi connectivity index (χ0) is 10.4. The molecule has 4 heteroatoms. The Morgan fingerprint density at radius 2 is 1.92 bits per heavy atom. The van der Waals surface area contributed by atoms with Gasteiger partial charge in [0.2, 0.25) is 5.91 Å². The first-order valence-corrected chi connectivity index (χ1v) is 4.37. The number of carbonyl (C=O) groups is 2. The maximum atomic E-state index is 11.5. The van der Waals surface area contributed by atoms with E-state index < -0.39 is 0 Å². The summed E-state index contributed by atoms with van der Waals surface area (Å²) in [6.07, 6.45) is 0.758. The van der Waals surface area contributed by atoms with Gasteiger partial charge in [-0.25, -0.2) is 0 Å².